The molecule has 2 aliphatic carbocycles. The van der Waals surface area contributed by atoms with Crippen LogP contribution in [0, 0.1) is 11.8 Å². The molecule has 0 spiro atoms. The van der Waals surface area contributed by atoms with Crippen molar-refractivity contribution in [1.82, 2.24) is 4.31 Å². The third-order valence-corrected chi connectivity index (χ3v) is 7.30. The van der Waals surface area contributed by atoms with E-state index in [1.807, 2.05) is 5.38 Å². The molecule has 0 N–H and O–H groups in total. The minimum atomic E-state index is -3.31. The van der Waals surface area contributed by atoms with Crippen molar-refractivity contribution >= 4 is 33.0 Å². The molecule has 1 aromatic rings. The number of sulfonamides is 1. The van der Waals surface area contributed by atoms with Crippen LogP contribution in [0.2, 0.25) is 0 Å². The van der Waals surface area contributed by atoms with E-state index in [-0.39, 0.29) is 0 Å². The van der Waals surface area contributed by atoms with Gasteiger partial charge in [-0.1, -0.05) is 0 Å². The second-order valence-electron chi connectivity index (χ2n) is 5.62. The third kappa shape index (κ3) is 3.32. The summed E-state index contributed by atoms with van der Waals surface area (Å²) < 4.78 is 27.5. The lowest BCUT2D eigenvalue weighted by molar-refractivity contribution is 0.383. The van der Waals surface area contributed by atoms with Gasteiger partial charge in [-0.05, 0) is 54.5 Å². The second-order valence-corrected chi connectivity index (χ2v) is 8.96. The minimum absolute atomic E-state index is 0.372. The Morgan fingerprint density at radius 3 is 2.21 bits per heavy atom. The summed E-state index contributed by atoms with van der Waals surface area (Å²) in [6.07, 6.45) is 4.70. The molecule has 3 nitrogen and oxygen atoms in total. The smallest absolute Gasteiger partial charge is 0.206 e. The highest BCUT2D eigenvalue weighted by atomic mass is 35.5. The zero-order chi connectivity index (χ0) is 13.5. The SMILES string of the molecule is O=S(=O)(c1cc(CCl)cs1)N(CC1CC1)CC1CC1. The summed E-state index contributed by atoms with van der Waals surface area (Å²) in [5, 5.41) is 1.84. The van der Waals surface area contributed by atoms with Crippen LogP contribution < -0.4 is 0 Å². The number of hydrogen-bond acceptors (Lipinski definition) is 3. The number of hydrogen-bond donors (Lipinski definition) is 0. The van der Waals surface area contributed by atoms with Gasteiger partial charge < -0.3 is 0 Å². The van der Waals surface area contributed by atoms with Gasteiger partial charge in [0.05, 0.1) is 0 Å². The Balaban J connectivity index is 1.80. The van der Waals surface area contributed by atoms with Gasteiger partial charge in [-0.2, -0.15) is 4.31 Å². The van der Waals surface area contributed by atoms with E-state index in [2.05, 4.69) is 0 Å². The highest BCUT2D eigenvalue weighted by Crippen LogP contribution is 2.36. The fourth-order valence-corrected chi connectivity index (χ4v) is 5.33. The quantitative estimate of drug-likeness (QED) is 0.723. The molecule has 1 aromatic heterocycles. The Hall–Kier alpha value is -0.100. The van der Waals surface area contributed by atoms with E-state index in [1.54, 1.807) is 10.4 Å². The normalized spacial score (nSPS) is 20.1. The Morgan fingerprint density at radius 2 is 1.79 bits per heavy atom. The lowest BCUT2D eigenvalue weighted by atomic mass is 10.4. The molecule has 0 aliphatic heterocycles. The van der Waals surface area contributed by atoms with Gasteiger partial charge in [-0.15, -0.1) is 22.9 Å². The molecule has 0 amide bonds. The minimum Gasteiger partial charge on any atom is -0.206 e. The van der Waals surface area contributed by atoms with E-state index in [4.69, 9.17) is 11.6 Å². The van der Waals surface area contributed by atoms with Crippen LogP contribution in [0.3, 0.4) is 0 Å². The first kappa shape index (κ1) is 13.9. The number of thiophene rings is 1. The lowest BCUT2D eigenvalue weighted by Gasteiger charge is -2.21. The van der Waals surface area contributed by atoms with Gasteiger partial charge in [-0.25, -0.2) is 8.42 Å². The molecule has 3 rings (SSSR count). The van der Waals surface area contributed by atoms with Gasteiger partial charge in [0, 0.05) is 19.0 Å². The van der Waals surface area contributed by atoms with Gasteiger partial charge in [0.1, 0.15) is 4.21 Å². The molecule has 0 saturated heterocycles. The van der Waals surface area contributed by atoms with E-state index in [1.165, 1.54) is 37.0 Å². The van der Waals surface area contributed by atoms with E-state index >= 15 is 0 Å². The van der Waals surface area contributed by atoms with Crippen LogP contribution in [0.1, 0.15) is 31.2 Å². The monoisotopic (exact) mass is 319 g/mol. The number of nitrogens with zero attached hydrogens (tertiary/aromatic N) is 1. The molecule has 19 heavy (non-hydrogen) atoms. The molecular formula is C13H18ClNO2S2. The van der Waals surface area contributed by atoms with Crippen molar-refractivity contribution in [1.29, 1.82) is 0 Å². The molecule has 2 saturated carbocycles. The zero-order valence-electron chi connectivity index (χ0n) is 10.7. The molecule has 1 heterocycles. The Kier molecular flexibility index (Phi) is 3.91. The van der Waals surface area contributed by atoms with Gasteiger partial charge in [0.15, 0.2) is 0 Å². The zero-order valence-corrected chi connectivity index (χ0v) is 13.1. The molecule has 0 aromatic carbocycles. The average molecular weight is 320 g/mol. The van der Waals surface area contributed by atoms with Crippen LogP contribution in [0.25, 0.3) is 0 Å². The molecule has 6 heteroatoms. The second kappa shape index (κ2) is 5.35. The molecule has 106 valence electrons. The lowest BCUT2D eigenvalue weighted by Crippen LogP contribution is -2.34. The Labute approximate surface area is 123 Å². The van der Waals surface area contributed by atoms with Crippen molar-refractivity contribution in [2.24, 2.45) is 11.8 Å². The first-order valence-corrected chi connectivity index (χ1v) is 9.58. The Morgan fingerprint density at radius 1 is 1.21 bits per heavy atom. The van der Waals surface area contributed by atoms with Crippen LogP contribution in [0.5, 0.6) is 0 Å². The Bertz CT molecular complexity index is 533. The van der Waals surface area contributed by atoms with Crippen LogP contribution in [-0.2, 0) is 15.9 Å². The number of rotatable bonds is 7. The summed E-state index contributed by atoms with van der Waals surface area (Å²) in [4.78, 5) is 0. The fourth-order valence-electron chi connectivity index (χ4n) is 2.13. The fraction of sp³-hybridized carbons (Fsp3) is 0.692. The summed E-state index contributed by atoms with van der Waals surface area (Å²) in [5.74, 6) is 1.54. The number of alkyl halides is 1. The van der Waals surface area contributed by atoms with Crippen molar-refractivity contribution in [3.05, 3.63) is 17.0 Å². The summed E-state index contributed by atoms with van der Waals surface area (Å²) in [6, 6.07) is 1.72. The van der Waals surface area contributed by atoms with Gasteiger partial charge in [-0.3, -0.25) is 0 Å². The molecule has 0 radical (unpaired) electrons. The van der Waals surface area contributed by atoms with Crippen molar-refractivity contribution < 1.29 is 8.42 Å². The third-order valence-electron chi connectivity index (χ3n) is 3.70. The van der Waals surface area contributed by atoms with Crippen LogP contribution >= 0.6 is 22.9 Å². The summed E-state index contributed by atoms with van der Waals surface area (Å²) in [6.45, 7) is 1.40. The molecular weight excluding hydrogens is 302 g/mol. The van der Waals surface area contributed by atoms with E-state index in [9.17, 15) is 8.42 Å². The predicted octanol–water partition coefficient (Wildman–Crippen LogP) is 3.30. The summed E-state index contributed by atoms with van der Waals surface area (Å²) in [7, 11) is -3.31. The number of halogens is 1. The molecule has 0 unspecified atom stereocenters. The van der Waals surface area contributed by atoms with Crippen LogP contribution in [0.4, 0.5) is 0 Å². The molecule has 2 aliphatic rings. The van der Waals surface area contributed by atoms with Crippen molar-refractivity contribution in [2.45, 2.75) is 35.8 Å². The van der Waals surface area contributed by atoms with Crippen molar-refractivity contribution in [3.63, 3.8) is 0 Å². The van der Waals surface area contributed by atoms with Crippen LogP contribution in [0.15, 0.2) is 15.7 Å². The van der Waals surface area contributed by atoms with E-state index < -0.39 is 10.0 Å². The maximum Gasteiger partial charge on any atom is 0.252 e. The average Bonchev–Trinajstić information content (AvgIpc) is 3.30. The highest BCUT2D eigenvalue weighted by Gasteiger charge is 2.36. The topological polar surface area (TPSA) is 37.4 Å². The first-order chi connectivity index (χ1) is 9.09. The van der Waals surface area contributed by atoms with Gasteiger partial charge in [0.2, 0.25) is 0 Å². The molecule has 2 fully saturated rings. The van der Waals surface area contributed by atoms with Crippen molar-refractivity contribution in [3.8, 4) is 0 Å². The maximum absolute atomic E-state index is 12.7. The first-order valence-electron chi connectivity index (χ1n) is 6.73. The summed E-state index contributed by atoms with van der Waals surface area (Å²) in [5.41, 5.74) is 0.892. The highest BCUT2D eigenvalue weighted by molar-refractivity contribution is 7.91. The summed E-state index contributed by atoms with van der Waals surface area (Å²) >= 11 is 7.05. The van der Waals surface area contributed by atoms with Gasteiger partial charge >= 0.3 is 0 Å². The molecule has 0 bridgehead atoms. The standard InChI is InChI=1S/C13H18ClNO2S2/c14-6-12-5-13(18-9-12)19(16,17)15(7-10-1-2-10)8-11-3-4-11/h5,9-11H,1-4,6-8H2. The maximum atomic E-state index is 12.7. The van der Waals surface area contributed by atoms with E-state index in [0.717, 1.165) is 5.56 Å². The van der Waals surface area contributed by atoms with E-state index in [0.29, 0.717) is 35.0 Å². The molecule has 0 atom stereocenters. The largest absolute Gasteiger partial charge is 0.252 e. The van der Waals surface area contributed by atoms with Crippen LogP contribution in [-0.4, -0.2) is 25.8 Å². The predicted molar refractivity (Wildman–Crippen MR) is 78.1 cm³/mol. The van der Waals surface area contributed by atoms with Gasteiger partial charge in [0.25, 0.3) is 10.0 Å². The van der Waals surface area contributed by atoms with Crippen molar-refractivity contribution in [2.75, 3.05) is 13.1 Å².